The lowest BCUT2D eigenvalue weighted by molar-refractivity contribution is 0.116. The molecule has 17 heavy (non-hydrogen) atoms. The van der Waals surface area contributed by atoms with Crippen LogP contribution in [-0.4, -0.2) is 11.7 Å². The third kappa shape index (κ3) is 3.32. The molecular formula is C14H13BrO2. The number of ether oxygens (including phenoxy) is 1. The molecule has 2 rings (SSSR count). The third-order valence-corrected chi connectivity index (χ3v) is 2.96. The van der Waals surface area contributed by atoms with Gasteiger partial charge in [0.25, 0.3) is 0 Å². The van der Waals surface area contributed by atoms with Crippen molar-refractivity contribution in [1.29, 1.82) is 0 Å². The molecule has 3 heteroatoms. The second-order valence-electron chi connectivity index (χ2n) is 3.65. The highest BCUT2D eigenvalue weighted by Gasteiger charge is 2.11. The van der Waals surface area contributed by atoms with Gasteiger partial charge in [0, 0.05) is 4.47 Å². The van der Waals surface area contributed by atoms with E-state index in [0.29, 0.717) is 0 Å². The molecule has 0 saturated carbocycles. The average molecular weight is 293 g/mol. The van der Waals surface area contributed by atoms with Crippen LogP contribution in [0.1, 0.15) is 11.7 Å². The van der Waals surface area contributed by atoms with Gasteiger partial charge in [-0.05, 0) is 29.8 Å². The van der Waals surface area contributed by atoms with Gasteiger partial charge < -0.3 is 9.84 Å². The van der Waals surface area contributed by atoms with Crippen molar-refractivity contribution in [2.75, 3.05) is 6.61 Å². The van der Waals surface area contributed by atoms with Crippen LogP contribution in [0.25, 0.3) is 0 Å². The maximum absolute atomic E-state index is 9.36. The predicted molar refractivity (Wildman–Crippen MR) is 71.0 cm³/mol. The minimum absolute atomic E-state index is 0.0416. The van der Waals surface area contributed by atoms with Crippen LogP contribution in [-0.2, 0) is 0 Å². The highest BCUT2D eigenvalue weighted by molar-refractivity contribution is 9.10. The summed E-state index contributed by atoms with van der Waals surface area (Å²) in [7, 11) is 0. The Morgan fingerprint density at radius 3 is 2.24 bits per heavy atom. The van der Waals surface area contributed by atoms with Gasteiger partial charge in [0.05, 0.1) is 6.61 Å². The van der Waals surface area contributed by atoms with Crippen molar-refractivity contribution < 1.29 is 9.84 Å². The molecule has 0 aromatic heterocycles. The Balaban J connectivity index is 2.13. The maximum Gasteiger partial charge on any atom is 0.147 e. The number of halogens is 1. The van der Waals surface area contributed by atoms with Crippen molar-refractivity contribution in [3.8, 4) is 5.75 Å². The van der Waals surface area contributed by atoms with Crippen LogP contribution >= 0.6 is 15.9 Å². The molecule has 0 aliphatic heterocycles. The van der Waals surface area contributed by atoms with E-state index in [-0.39, 0.29) is 12.7 Å². The van der Waals surface area contributed by atoms with E-state index in [1.54, 1.807) is 0 Å². The molecule has 2 aromatic carbocycles. The predicted octanol–water partition coefficient (Wildman–Crippen LogP) is 3.56. The molecule has 88 valence electrons. The number of aliphatic hydroxyl groups is 1. The minimum Gasteiger partial charge on any atom is -0.483 e. The van der Waals surface area contributed by atoms with Crippen molar-refractivity contribution in [2.45, 2.75) is 6.10 Å². The summed E-state index contributed by atoms with van der Waals surface area (Å²) in [5, 5.41) is 9.36. The van der Waals surface area contributed by atoms with E-state index >= 15 is 0 Å². The highest BCUT2D eigenvalue weighted by Crippen LogP contribution is 2.23. The first-order valence-corrected chi connectivity index (χ1v) is 6.17. The van der Waals surface area contributed by atoms with Gasteiger partial charge in [-0.15, -0.1) is 0 Å². The van der Waals surface area contributed by atoms with E-state index < -0.39 is 0 Å². The molecule has 1 N–H and O–H groups in total. The average Bonchev–Trinajstić information content (AvgIpc) is 2.39. The van der Waals surface area contributed by atoms with Crippen LogP contribution in [0, 0.1) is 0 Å². The van der Waals surface area contributed by atoms with Crippen LogP contribution in [0.3, 0.4) is 0 Å². The molecule has 1 atom stereocenters. The smallest absolute Gasteiger partial charge is 0.147 e. The van der Waals surface area contributed by atoms with E-state index in [9.17, 15) is 5.11 Å². The van der Waals surface area contributed by atoms with Gasteiger partial charge in [0.15, 0.2) is 0 Å². The monoisotopic (exact) mass is 292 g/mol. The van der Waals surface area contributed by atoms with Gasteiger partial charge in [0.1, 0.15) is 11.9 Å². The topological polar surface area (TPSA) is 29.5 Å². The Hall–Kier alpha value is -1.32. The molecule has 0 bridgehead atoms. The van der Waals surface area contributed by atoms with E-state index in [4.69, 9.17) is 4.74 Å². The van der Waals surface area contributed by atoms with Gasteiger partial charge in [0.2, 0.25) is 0 Å². The van der Waals surface area contributed by atoms with Crippen molar-refractivity contribution in [3.63, 3.8) is 0 Å². The molecule has 0 amide bonds. The van der Waals surface area contributed by atoms with Crippen molar-refractivity contribution in [2.24, 2.45) is 0 Å². The standard InChI is InChI=1S/C14H13BrO2/c15-12-6-8-13(9-7-12)17-14(10-16)11-4-2-1-3-5-11/h1-9,14,16H,10H2. The summed E-state index contributed by atoms with van der Waals surface area (Å²) in [6, 6.07) is 17.3. The molecule has 0 aliphatic rings. The molecule has 2 aromatic rings. The minimum atomic E-state index is -0.322. The molecular weight excluding hydrogens is 280 g/mol. The van der Waals surface area contributed by atoms with Gasteiger partial charge in [-0.2, -0.15) is 0 Å². The van der Waals surface area contributed by atoms with Crippen LogP contribution in [0.15, 0.2) is 59.1 Å². The van der Waals surface area contributed by atoms with Crippen molar-refractivity contribution >= 4 is 15.9 Å². The van der Waals surface area contributed by atoms with Gasteiger partial charge in [-0.1, -0.05) is 46.3 Å². The Kier molecular flexibility index (Phi) is 4.18. The maximum atomic E-state index is 9.36. The largest absolute Gasteiger partial charge is 0.483 e. The van der Waals surface area contributed by atoms with Crippen LogP contribution in [0.2, 0.25) is 0 Å². The van der Waals surface area contributed by atoms with Gasteiger partial charge >= 0.3 is 0 Å². The number of aliphatic hydroxyl groups excluding tert-OH is 1. The molecule has 0 heterocycles. The summed E-state index contributed by atoms with van der Waals surface area (Å²) in [5.74, 6) is 0.746. The molecule has 0 spiro atoms. The number of benzene rings is 2. The fourth-order valence-electron chi connectivity index (χ4n) is 1.56. The summed E-state index contributed by atoms with van der Waals surface area (Å²) >= 11 is 3.37. The van der Waals surface area contributed by atoms with Crippen LogP contribution in [0.4, 0.5) is 0 Å². The number of hydrogen-bond donors (Lipinski definition) is 1. The van der Waals surface area contributed by atoms with E-state index in [1.165, 1.54) is 0 Å². The normalized spacial score (nSPS) is 12.1. The highest BCUT2D eigenvalue weighted by atomic mass is 79.9. The van der Waals surface area contributed by atoms with Crippen molar-refractivity contribution in [3.05, 3.63) is 64.6 Å². The summed E-state index contributed by atoms with van der Waals surface area (Å²) in [5.41, 5.74) is 0.970. The Labute approximate surface area is 109 Å². The Morgan fingerprint density at radius 1 is 1.00 bits per heavy atom. The fraction of sp³-hybridized carbons (Fsp3) is 0.143. The zero-order chi connectivity index (χ0) is 12.1. The Bertz CT molecular complexity index is 453. The van der Waals surface area contributed by atoms with Gasteiger partial charge in [-0.3, -0.25) is 0 Å². The fourth-order valence-corrected chi connectivity index (χ4v) is 1.82. The zero-order valence-electron chi connectivity index (χ0n) is 9.21. The second kappa shape index (κ2) is 5.84. The summed E-state index contributed by atoms with van der Waals surface area (Å²) in [4.78, 5) is 0. The quantitative estimate of drug-likeness (QED) is 0.934. The van der Waals surface area contributed by atoms with Gasteiger partial charge in [-0.25, -0.2) is 0 Å². The lowest BCUT2D eigenvalue weighted by Crippen LogP contribution is -2.11. The van der Waals surface area contributed by atoms with E-state index in [2.05, 4.69) is 15.9 Å². The molecule has 0 radical (unpaired) electrons. The van der Waals surface area contributed by atoms with E-state index in [1.807, 2.05) is 54.6 Å². The first-order valence-electron chi connectivity index (χ1n) is 5.37. The Morgan fingerprint density at radius 2 is 1.65 bits per heavy atom. The lowest BCUT2D eigenvalue weighted by Gasteiger charge is -2.17. The SMILES string of the molecule is OCC(Oc1ccc(Br)cc1)c1ccccc1. The number of hydrogen-bond acceptors (Lipinski definition) is 2. The molecule has 1 unspecified atom stereocenters. The third-order valence-electron chi connectivity index (χ3n) is 2.43. The molecule has 2 nitrogen and oxygen atoms in total. The first kappa shape index (κ1) is 12.1. The number of rotatable bonds is 4. The van der Waals surface area contributed by atoms with E-state index in [0.717, 1.165) is 15.8 Å². The zero-order valence-corrected chi connectivity index (χ0v) is 10.8. The summed E-state index contributed by atoms with van der Waals surface area (Å²) in [6.07, 6.45) is -0.322. The first-order chi connectivity index (χ1) is 8.29. The summed E-state index contributed by atoms with van der Waals surface area (Å²) < 4.78 is 6.74. The molecule has 0 saturated heterocycles. The summed E-state index contributed by atoms with van der Waals surface area (Å²) in [6.45, 7) is -0.0416. The van der Waals surface area contributed by atoms with Crippen LogP contribution < -0.4 is 4.74 Å². The molecule has 0 fully saturated rings. The van der Waals surface area contributed by atoms with Crippen LogP contribution in [0.5, 0.6) is 5.75 Å². The lowest BCUT2D eigenvalue weighted by atomic mass is 10.1. The second-order valence-corrected chi connectivity index (χ2v) is 4.57. The van der Waals surface area contributed by atoms with Crippen molar-refractivity contribution in [1.82, 2.24) is 0 Å². The molecule has 0 aliphatic carbocycles.